The number of hydrogen-bond donors (Lipinski definition) is 3. The van der Waals surface area contributed by atoms with Crippen molar-refractivity contribution in [3.8, 4) is 0 Å². The average Bonchev–Trinajstić information content (AvgIpc) is 2.14. The summed E-state index contributed by atoms with van der Waals surface area (Å²) in [5, 5.41) is 17.0. The number of aromatic amines is 1. The first kappa shape index (κ1) is 6.32. The van der Waals surface area contributed by atoms with Crippen molar-refractivity contribution in [1.82, 2.24) is 9.97 Å². The number of aryl methyl sites for hydroxylation is 1. The Bertz CT molecular complexity index is 198. The summed E-state index contributed by atoms with van der Waals surface area (Å²) in [6.07, 6.45) is 1.39. The molecule has 5 heteroatoms. The van der Waals surface area contributed by atoms with Crippen molar-refractivity contribution in [3.05, 3.63) is 12.0 Å². The summed E-state index contributed by atoms with van der Waals surface area (Å²) in [4.78, 5) is 6.43. The van der Waals surface area contributed by atoms with Crippen LogP contribution in [0.5, 0.6) is 0 Å². The van der Waals surface area contributed by atoms with Gasteiger partial charge in [0.2, 0.25) is 0 Å². The minimum atomic E-state index is -1.44. The standard InChI is InChI=1S/C4H7BN2O2/c1-3-6-2-4(7-3)5(8)9/h2,8-9H,1H3,(H,6,7). The Labute approximate surface area is 52.7 Å². The van der Waals surface area contributed by atoms with Crippen LogP contribution in [0.2, 0.25) is 0 Å². The highest BCUT2D eigenvalue weighted by Gasteiger charge is 2.11. The lowest BCUT2D eigenvalue weighted by Crippen LogP contribution is -2.30. The maximum absolute atomic E-state index is 8.52. The minimum Gasteiger partial charge on any atom is -0.422 e. The Hall–Kier alpha value is -0.805. The second-order valence-electron chi connectivity index (χ2n) is 1.80. The number of nitrogens with zero attached hydrogens (tertiary/aromatic N) is 1. The molecule has 0 saturated heterocycles. The van der Waals surface area contributed by atoms with Gasteiger partial charge >= 0.3 is 7.12 Å². The summed E-state index contributed by atoms with van der Waals surface area (Å²) in [5.74, 6) is 0.679. The van der Waals surface area contributed by atoms with Gasteiger partial charge in [-0.2, -0.15) is 0 Å². The van der Waals surface area contributed by atoms with Crippen molar-refractivity contribution in [3.63, 3.8) is 0 Å². The highest BCUT2D eigenvalue weighted by molar-refractivity contribution is 6.57. The lowest BCUT2D eigenvalue weighted by molar-refractivity contribution is 0.424. The molecule has 0 aliphatic heterocycles. The number of imidazole rings is 1. The van der Waals surface area contributed by atoms with Crippen molar-refractivity contribution in [2.75, 3.05) is 0 Å². The predicted octanol–water partition coefficient (Wildman–Crippen LogP) is -1.60. The van der Waals surface area contributed by atoms with Gasteiger partial charge in [-0.05, 0) is 6.92 Å². The van der Waals surface area contributed by atoms with E-state index in [-0.39, 0.29) is 0 Å². The summed E-state index contributed by atoms with van der Waals surface area (Å²) < 4.78 is 0. The van der Waals surface area contributed by atoms with Gasteiger partial charge in [0.05, 0.1) is 5.59 Å². The third-order valence-electron chi connectivity index (χ3n) is 1.00. The third kappa shape index (κ3) is 1.31. The van der Waals surface area contributed by atoms with Gasteiger partial charge in [0.25, 0.3) is 0 Å². The first-order valence-electron chi connectivity index (χ1n) is 2.58. The van der Waals surface area contributed by atoms with E-state index in [2.05, 4.69) is 9.97 Å². The fourth-order valence-electron chi connectivity index (χ4n) is 0.571. The van der Waals surface area contributed by atoms with E-state index in [9.17, 15) is 0 Å². The monoisotopic (exact) mass is 126 g/mol. The molecule has 0 atom stereocenters. The third-order valence-corrected chi connectivity index (χ3v) is 1.00. The second kappa shape index (κ2) is 2.20. The minimum absolute atomic E-state index is 0.326. The van der Waals surface area contributed by atoms with Crippen LogP contribution in [0, 0.1) is 6.92 Å². The molecule has 0 radical (unpaired) electrons. The van der Waals surface area contributed by atoms with Crippen molar-refractivity contribution in [2.24, 2.45) is 0 Å². The van der Waals surface area contributed by atoms with Gasteiger partial charge < -0.3 is 15.0 Å². The molecule has 3 N–H and O–H groups in total. The molecule has 0 aliphatic carbocycles. The number of aromatic nitrogens is 2. The summed E-state index contributed by atoms with van der Waals surface area (Å²) in [6.45, 7) is 1.74. The quantitative estimate of drug-likeness (QED) is 0.397. The van der Waals surface area contributed by atoms with Crippen LogP contribution in [0.4, 0.5) is 0 Å². The SMILES string of the molecule is Cc1ncc(B(O)O)[nH]1. The van der Waals surface area contributed by atoms with E-state index in [0.717, 1.165) is 0 Å². The molecule has 1 aromatic heterocycles. The van der Waals surface area contributed by atoms with E-state index in [0.29, 0.717) is 11.4 Å². The first-order valence-corrected chi connectivity index (χ1v) is 2.58. The Kier molecular flexibility index (Phi) is 1.55. The molecule has 0 unspecified atom stereocenters. The molecule has 1 aromatic rings. The molecule has 4 nitrogen and oxygen atoms in total. The molecule has 9 heavy (non-hydrogen) atoms. The van der Waals surface area contributed by atoms with Gasteiger partial charge in [-0.1, -0.05) is 0 Å². The van der Waals surface area contributed by atoms with Crippen LogP contribution in [0.25, 0.3) is 0 Å². The van der Waals surface area contributed by atoms with Crippen LogP contribution in [-0.4, -0.2) is 27.1 Å². The van der Waals surface area contributed by atoms with Crippen molar-refractivity contribution < 1.29 is 10.0 Å². The summed E-state index contributed by atoms with van der Waals surface area (Å²) in [7, 11) is -1.44. The van der Waals surface area contributed by atoms with Gasteiger partial charge in [0.1, 0.15) is 5.82 Å². The summed E-state index contributed by atoms with van der Waals surface area (Å²) in [6, 6.07) is 0. The van der Waals surface area contributed by atoms with Gasteiger partial charge in [-0.15, -0.1) is 0 Å². The Balaban J connectivity index is 2.85. The van der Waals surface area contributed by atoms with Gasteiger partial charge in [0.15, 0.2) is 0 Å². The van der Waals surface area contributed by atoms with E-state index < -0.39 is 7.12 Å². The van der Waals surface area contributed by atoms with Gasteiger partial charge in [-0.3, -0.25) is 0 Å². The summed E-state index contributed by atoms with van der Waals surface area (Å²) in [5.41, 5.74) is 0.326. The molecular formula is C4H7BN2O2. The molecule has 0 bridgehead atoms. The Morgan fingerprint density at radius 3 is 2.56 bits per heavy atom. The molecule has 1 heterocycles. The fraction of sp³-hybridized carbons (Fsp3) is 0.250. The Morgan fingerprint density at radius 1 is 1.67 bits per heavy atom. The largest absolute Gasteiger partial charge is 0.507 e. The average molecular weight is 126 g/mol. The van der Waals surface area contributed by atoms with Crippen LogP contribution in [0.3, 0.4) is 0 Å². The smallest absolute Gasteiger partial charge is 0.422 e. The molecular weight excluding hydrogens is 119 g/mol. The van der Waals surface area contributed by atoms with Crippen LogP contribution in [-0.2, 0) is 0 Å². The van der Waals surface area contributed by atoms with Crippen molar-refractivity contribution in [1.29, 1.82) is 0 Å². The normalized spacial score (nSPS) is 9.67. The van der Waals surface area contributed by atoms with Crippen LogP contribution in [0.15, 0.2) is 6.20 Å². The highest BCUT2D eigenvalue weighted by atomic mass is 16.4. The number of rotatable bonds is 1. The van der Waals surface area contributed by atoms with Crippen molar-refractivity contribution >= 4 is 12.7 Å². The molecule has 0 aromatic carbocycles. The van der Waals surface area contributed by atoms with Gasteiger partial charge in [-0.25, -0.2) is 4.98 Å². The van der Waals surface area contributed by atoms with E-state index in [1.807, 2.05) is 0 Å². The van der Waals surface area contributed by atoms with E-state index in [1.165, 1.54) is 6.20 Å². The van der Waals surface area contributed by atoms with E-state index >= 15 is 0 Å². The molecule has 0 spiro atoms. The fourth-order valence-corrected chi connectivity index (χ4v) is 0.571. The predicted molar refractivity (Wildman–Crippen MR) is 33.2 cm³/mol. The number of nitrogens with one attached hydrogen (secondary N) is 1. The molecule has 1 rings (SSSR count). The van der Waals surface area contributed by atoms with Gasteiger partial charge in [0, 0.05) is 6.20 Å². The molecule has 0 fully saturated rings. The molecule has 0 aliphatic rings. The zero-order valence-corrected chi connectivity index (χ0v) is 5.00. The lowest BCUT2D eigenvalue weighted by atomic mass is 9.87. The van der Waals surface area contributed by atoms with Crippen LogP contribution in [0.1, 0.15) is 5.82 Å². The van der Waals surface area contributed by atoms with Crippen molar-refractivity contribution in [2.45, 2.75) is 6.92 Å². The maximum atomic E-state index is 8.52. The molecule has 48 valence electrons. The maximum Gasteiger partial charge on any atom is 0.507 e. The first-order chi connectivity index (χ1) is 4.20. The zero-order chi connectivity index (χ0) is 6.85. The zero-order valence-electron chi connectivity index (χ0n) is 5.00. The van der Waals surface area contributed by atoms with Crippen LogP contribution >= 0.6 is 0 Å². The lowest BCUT2D eigenvalue weighted by Gasteiger charge is -1.88. The highest BCUT2D eigenvalue weighted by Crippen LogP contribution is 1.80. The number of H-pyrrole nitrogens is 1. The number of hydrogen-bond acceptors (Lipinski definition) is 3. The Morgan fingerprint density at radius 2 is 2.33 bits per heavy atom. The second-order valence-corrected chi connectivity index (χ2v) is 1.80. The topological polar surface area (TPSA) is 69.1 Å². The van der Waals surface area contributed by atoms with E-state index in [1.54, 1.807) is 6.92 Å². The summed E-state index contributed by atoms with van der Waals surface area (Å²) >= 11 is 0. The molecule has 0 amide bonds. The van der Waals surface area contributed by atoms with E-state index in [4.69, 9.17) is 10.0 Å². The molecule has 0 saturated carbocycles. The van der Waals surface area contributed by atoms with Crippen LogP contribution < -0.4 is 5.59 Å².